The van der Waals surface area contributed by atoms with Gasteiger partial charge in [-0.1, -0.05) is 40.5 Å². The maximum absolute atomic E-state index is 9.96. The molecule has 0 aliphatic heterocycles. The zero-order valence-electron chi connectivity index (χ0n) is 12.8. The Labute approximate surface area is 114 Å². The van der Waals surface area contributed by atoms with Crippen molar-refractivity contribution in [3.05, 3.63) is 0 Å². The molecule has 0 saturated carbocycles. The van der Waals surface area contributed by atoms with Crippen molar-refractivity contribution in [1.82, 2.24) is 4.90 Å². The Morgan fingerprint density at radius 2 is 1.56 bits per heavy atom. The van der Waals surface area contributed by atoms with E-state index in [4.69, 9.17) is 4.74 Å². The van der Waals surface area contributed by atoms with Gasteiger partial charge in [0.1, 0.15) is 0 Å². The van der Waals surface area contributed by atoms with Gasteiger partial charge in [-0.3, -0.25) is 0 Å². The molecule has 0 heterocycles. The third kappa shape index (κ3) is 11.0. The van der Waals surface area contributed by atoms with Gasteiger partial charge < -0.3 is 14.7 Å². The molecule has 0 rings (SSSR count). The van der Waals surface area contributed by atoms with Gasteiger partial charge in [0.25, 0.3) is 0 Å². The molecule has 0 aromatic heterocycles. The molecule has 0 saturated heterocycles. The topological polar surface area (TPSA) is 32.7 Å². The lowest BCUT2D eigenvalue weighted by Gasteiger charge is -2.25. The van der Waals surface area contributed by atoms with E-state index in [0.29, 0.717) is 12.5 Å². The number of aliphatic hydroxyl groups is 1. The van der Waals surface area contributed by atoms with Crippen molar-refractivity contribution in [3.8, 4) is 0 Å². The third-order valence-corrected chi connectivity index (χ3v) is 2.89. The summed E-state index contributed by atoms with van der Waals surface area (Å²) in [5, 5.41) is 9.96. The van der Waals surface area contributed by atoms with Crippen molar-refractivity contribution in [2.75, 3.05) is 32.8 Å². The Bertz CT molecular complexity index is 166. The number of aliphatic hydroxyl groups excluding tert-OH is 1. The number of hydrogen-bond donors (Lipinski definition) is 1. The highest BCUT2D eigenvalue weighted by atomic mass is 16.5. The van der Waals surface area contributed by atoms with Gasteiger partial charge in [0, 0.05) is 13.2 Å². The molecule has 0 aliphatic carbocycles. The van der Waals surface area contributed by atoms with Crippen LogP contribution in [-0.4, -0.2) is 49.0 Å². The molecular formula is C15H33NO2. The monoisotopic (exact) mass is 259 g/mol. The van der Waals surface area contributed by atoms with Crippen LogP contribution in [0.25, 0.3) is 0 Å². The summed E-state index contributed by atoms with van der Waals surface area (Å²) in [6.07, 6.45) is 4.50. The van der Waals surface area contributed by atoms with E-state index in [1.54, 1.807) is 0 Å². The summed E-state index contributed by atoms with van der Waals surface area (Å²) in [4.78, 5) is 2.37. The molecule has 110 valence electrons. The van der Waals surface area contributed by atoms with E-state index in [1.165, 1.54) is 25.7 Å². The lowest BCUT2D eigenvalue weighted by molar-refractivity contribution is 0.00780. The summed E-state index contributed by atoms with van der Waals surface area (Å²) >= 11 is 0. The van der Waals surface area contributed by atoms with Gasteiger partial charge in [-0.2, -0.15) is 0 Å². The van der Waals surface area contributed by atoms with Crippen molar-refractivity contribution in [1.29, 1.82) is 0 Å². The molecule has 0 aliphatic rings. The van der Waals surface area contributed by atoms with E-state index >= 15 is 0 Å². The second-order valence-electron chi connectivity index (χ2n) is 5.59. The number of rotatable bonds is 12. The summed E-state index contributed by atoms with van der Waals surface area (Å²) in [7, 11) is 0. The summed E-state index contributed by atoms with van der Waals surface area (Å²) < 4.78 is 5.49. The molecule has 1 N–H and O–H groups in total. The van der Waals surface area contributed by atoms with Crippen LogP contribution in [0, 0.1) is 5.92 Å². The zero-order valence-corrected chi connectivity index (χ0v) is 12.8. The predicted octanol–water partition coefficient (Wildman–Crippen LogP) is 2.92. The second-order valence-corrected chi connectivity index (χ2v) is 5.59. The Balaban J connectivity index is 3.81. The van der Waals surface area contributed by atoms with Crippen LogP contribution in [0.3, 0.4) is 0 Å². The summed E-state index contributed by atoms with van der Waals surface area (Å²) in [5.41, 5.74) is 0. The van der Waals surface area contributed by atoms with Crippen LogP contribution in [0.1, 0.15) is 53.4 Å². The zero-order chi connectivity index (χ0) is 13.8. The molecular weight excluding hydrogens is 226 g/mol. The molecule has 0 radical (unpaired) electrons. The molecule has 1 atom stereocenters. The number of hydrogen-bond acceptors (Lipinski definition) is 3. The second kappa shape index (κ2) is 11.9. The summed E-state index contributed by atoms with van der Waals surface area (Å²) in [6, 6.07) is 0. The lowest BCUT2D eigenvalue weighted by Crippen LogP contribution is -2.36. The van der Waals surface area contributed by atoms with E-state index < -0.39 is 0 Å². The van der Waals surface area contributed by atoms with Gasteiger partial charge in [-0.25, -0.2) is 0 Å². The number of unbranched alkanes of at least 4 members (excludes halogenated alkanes) is 2. The fraction of sp³-hybridized carbons (Fsp3) is 1.00. The van der Waals surface area contributed by atoms with Crippen LogP contribution in [0.4, 0.5) is 0 Å². The summed E-state index contributed by atoms with van der Waals surface area (Å²) in [5.74, 6) is 0.536. The summed E-state index contributed by atoms with van der Waals surface area (Å²) in [6.45, 7) is 12.8. The average Bonchev–Trinajstić information content (AvgIpc) is 2.32. The minimum atomic E-state index is -0.350. The Morgan fingerprint density at radius 3 is 2.00 bits per heavy atom. The first-order valence-corrected chi connectivity index (χ1v) is 7.58. The van der Waals surface area contributed by atoms with Crippen LogP contribution in [0.2, 0.25) is 0 Å². The van der Waals surface area contributed by atoms with Gasteiger partial charge >= 0.3 is 0 Å². The van der Waals surface area contributed by atoms with E-state index in [0.717, 1.165) is 26.2 Å². The van der Waals surface area contributed by atoms with E-state index in [9.17, 15) is 5.11 Å². The Hall–Kier alpha value is -0.120. The molecule has 0 bridgehead atoms. The molecule has 3 nitrogen and oxygen atoms in total. The largest absolute Gasteiger partial charge is 0.389 e. The first-order valence-electron chi connectivity index (χ1n) is 7.58. The van der Waals surface area contributed by atoms with E-state index in [1.807, 2.05) is 0 Å². The van der Waals surface area contributed by atoms with Gasteiger partial charge in [-0.15, -0.1) is 0 Å². The van der Waals surface area contributed by atoms with Crippen LogP contribution < -0.4 is 0 Å². The quantitative estimate of drug-likeness (QED) is 0.585. The normalized spacial score (nSPS) is 13.5. The highest BCUT2D eigenvalue weighted by molar-refractivity contribution is 4.64. The number of ether oxygens (including phenoxy) is 1. The van der Waals surface area contributed by atoms with Crippen LogP contribution in [-0.2, 0) is 4.74 Å². The van der Waals surface area contributed by atoms with Crippen molar-refractivity contribution in [2.45, 2.75) is 59.5 Å². The fourth-order valence-electron chi connectivity index (χ4n) is 1.85. The molecule has 0 fully saturated rings. The van der Waals surface area contributed by atoms with Gasteiger partial charge in [0.15, 0.2) is 0 Å². The van der Waals surface area contributed by atoms with Gasteiger partial charge in [0.2, 0.25) is 0 Å². The molecule has 3 heteroatoms. The lowest BCUT2D eigenvalue weighted by atomic mass is 10.2. The minimum absolute atomic E-state index is 0.350. The Morgan fingerprint density at radius 1 is 1.00 bits per heavy atom. The van der Waals surface area contributed by atoms with Crippen molar-refractivity contribution in [2.24, 2.45) is 5.92 Å². The van der Waals surface area contributed by atoms with Crippen molar-refractivity contribution < 1.29 is 9.84 Å². The molecule has 0 amide bonds. The Kier molecular flexibility index (Phi) is 11.9. The van der Waals surface area contributed by atoms with Crippen molar-refractivity contribution in [3.63, 3.8) is 0 Å². The fourth-order valence-corrected chi connectivity index (χ4v) is 1.85. The highest BCUT2D eigenvalue weighted by Gasteiger charge is 2.11. The molecule has 0 spiro atoms. The van der Waals surface area contributed by atoms with E-state index in [2.05, 4.69) is 32.6 Å². The van der Waals surface area contributed by atoms with E-state index in [-0.39, 0.29) is 6.10 Å². The average molecular weight is 259 g/mol. The van der Waals surface area contributed by atoms with Gasteiger partial charge in [-0.05, 0) is 31.8 Å². The SMILES string of the molecule is CCCCN(CCCC)CC(O)COCC(C)C. The smallest absolute Gasteiger partial charge is 0.0900 e. The van der Waals surface area contributed by atoms with Crippen molar-refractivity contribution >= 4 is 0 Å². The maximum atomic E-state index is 9.96. The molecule has 18 heavy (non-hydrogen) atoms. The minimum Gasteiger partial charge on any atom is -0.389 e. The third-order valence-electron chi connectivity index (χ3n) is 2.89. The predicted molar refractivity (Wildman–Crippen MR) is 77.9 cm³/mol. The molecule has 0 aromatic carbocycles. The first kappa shape index (κ1) is 17.9. The molecule has 1 unspecified atom stereocenters. The van der Waals surface area contributed by atoms with Crippen LogP contribution in [0.15, 0.2) is 0 Å². The highest BCUT2D eigenvalue weighted by Crippen LogP contribution is 2.02. The standard InChI is InChI=1S/C15H33NO2/c1-5-7-9-16(10-8-6-2)11-15(17)13-18-12-14(3)4/h14-15,17H,5-13H2,1-4H3. The molecule has 0 aromatic rings. The first-order chi connectivity index (χ1) is 8.60. The maximum Gasteiger partial charge on any atom is 0.0900 e. The number of nitrogens with zero attached hydrogens (tertiary/aromatic N) is 1. The van der Waals surface area contributed by atoms with Gasteiger partial charge in [0.05, 0.1) is 12.7 Å². The van der Waals surface area contributed by atoms with Crippen LogP contribution >= 0.6 is 0 Å². The van der Waals surface area contributed by atoms with Crippen LogP contribution in [0.5, 0.6) is 0 Å².